The summed E-state index contributed by atoms with van der Waals surface area (Å²) < 4.78 is 16.4. The summed E-state index contributed by atoms with van der Waals surface area (Å²) in [5, 5.41) is 0. The van der Waals surface area contributed by atoms with Crippen molar-refractivity contribution < 1.29 is 4.39 Å². The van der Waals surface area contributed by atoms with Crippen molar-refractivity contribution >= 4 is 45.2 Å². The van der Waals surface area contributed by atoms with Crippen LogP contribution in [0.25, 0.3) is 16.7 Å². The summed E-state index contributed by atoms with van der Waals surface area (Å²) in [7, 11) is 0. The van der Waals surface area contributed by atoms with E-state index in [0.29, 0.717) is 15.9 Å². The van der Waals surface area contributed by atoms with E-state index in [1.807, 2.05) is 57.5 Å². The monoisotopic (exact) mass is 400 g/mol. The molecule has 3 aromatic rings. The number of hydrogen-bond acceptors (Lipinski definition) is 1. The molecule has 2 aromatic carbocycles. The zero-order valence-electron chi connectivity index (χ0n) is 10.5. The first-order valence-corrected chi connectivity index (χ1v) is 7.80. The third-order valence-corrected chi connectivity index (χ3v) is 4.11. The number of aromatic nitrogens is 2. The predicted molar refractivity (Wildman–Crippen MR) is 88.2 cm³/mol. The summed E-state index contributed by atoms with van der Waals surface area (Å²) >= 11 is 7.84. The summed E-state index contributed by atoms with van der Waals surface area (Å²) in [5.74, 6) is 1.10. The van der Waals surface area contributed by atoms with Crippen molar-refractivity contribution in [1.29, 1.82) is 0 Å². The van der Waals surface area contributed by atoms with E-state index >= 15 is 0 Å². The predicted octanol–water partition coefficient (Wildman–Crippen LogP) is 4.55. The van der Waals surface area contributed by atoms with Gasteiger partial charge in [-0.05, 0) is 40.8 Å². The van der Waals surface area contributed by atoms with Gasteiger partial charge in [0.15, 0.2) is 0 Å². The molecule has 0 N–H and O–H groups in total. The Bertz CT molecular complexity index is 755. The SMILES string of the molecule is Fc1cc2c(cc1I)nc(CCCl)n2-c1ccccc1. The first kappa shape index (κ1) is 13.8. The van der Waals surface area contributed by atoms with Gasteiger partial charge in [-0.25, -0.2) is 9.37 Å². The quantitative estimate of drug-likeness (QED) is 0.466. The molecule has 0 fully saturated rings. The van der Waals surface area contributed by atoms with Gasteiger partial charge in [0.2, 0.25) is 0 Å². The van der Waals surface area contributed by atoms with Crippen LogP contribution in [-0.4, -0.2) is 15.4 Å². The van der Waals surface area contributed by atoms with Crippen LogP contribution < -0.4 is 0 Å². The Morgan fingerprint density at radius 3 is 2.65 bits per heavy atom. The molecule has 0 radical (unpaired) electrons. The Kier molecular flexibility index (Phi) is 3.94. The maximum absolute atomic E-state index is 13.9. The third kappa shape index (κ3) is 2.42. The molecule has 0 bridgehead atoms. The van der Waals surface area contributed by atoms with Crippen molar-refractivity contribution in [1.82, 2.24) is 9.55 Å². The first-order valence-electron chi connectivity index (χ1n) is 6.18. The molecule has 20 heavy (non-hydrogen) atoms. The van der Waals surface area contributed by atoms with Crippen LogP contribution in [0.3, 0.4) is 0 Å². The smallest absolute Gasteiger partial charge is 0.138 e. The molecule has 0 saturated carbocycles. The number of fused-ring (bicyclic) bond motifs is 1. The molecule has 0 aliphatic heterocycles. The molecule has 0 unspecified atom stereocenters. The molecule has 0 aliphatic rings. The van der Waals surface area contributed by atoms with Gasteiger partial charge >= 0.3 is 0 Å². The lowest BCUT2D eigenvalue weighted by atomic mass is 10.2. The number of rotatable bonds is 3. The summed E-state index contributed by atoms with van der Waals surface area (Å²) in [6, 6.07) is 13.1. The van der Waals surface area contributed by atoms with Crippen LogP contribution in [-0.2, 0) is 6.42 Å². The lowest BCUT2D eigenvalue weighted by molar-refractivity contribution is 0.621. The lowest BCUT2D eigenvalue weighted by Gasteiger charge is -2.08. The Morgan fingerprint density at radius 2 is 1.95 bits per heavy atom. The van der Waals surface area contributed by atoms with Crippen molar-refractivity contribution in [3.8, 4) is 5.69 Å². The average molecular weight is 401 g/mol. The van der Waals surface area contributed by atoms with Gasteiger partial charge in [0.25, 0.3) is 0 Å². The molecular formula is C15H11ClFIN2. The number of alkyl halides is 1. The van der Waals surface area contributed by atoms with Gasteiger partial charge in [0, 0.05) is 24.1 Å². The zero-order chi connectivity index (χ0) is 14.1. The maximum Gasteiger partial charge on any atom is 0.138 e. The minimum Gasteiger partial charge on any atom is -0.296 e. The number of nitrogens with zero attached hydrogens (tertiary/aromatic N) is 2. The number of imidazole rings is 1. The fourth-order valence-electron chi connectivity index (χ4n) is 2.24. The van der Waals surface area contributed by atoms with Crippen molar-refractivity contribution in [2.75, 3.05) is 5.88 Å². The molecule has 3 rings (SSSR count). The second-order valence-corrected chi connectivity index (χ2v) is 5.93. The van der Waals surface area contributed by atoms with Gasteiger partial charge in [-0.15, -0.1) is 11.6 Å². The molecule has 5 heteroatoms. The second-order valence-electron chi connectivity index (χ2n) is 4.39. The Labute approximate surface area is 134 Å². The van der Waals surface area contributed by atoms with E-state index in [-0.39, 0.29) is 5.82 Å². The highest BCUT2D eigenvalue weighted by molar-refractivity contribution is 14.1. The lowest BCUT2D eigenvalue weighted by Crippen LogP contribution is -2.02. The molecule has 0 amide bonds. The van der Waals surface area contributed by atoms with Crippen molar-refractivity contribution in [2.45, 2.75) is 6.42 Å². The number of para-hydroxylation sites is 1. The molecule has 0 spiro atoms. The van der Waals surface area contributed by atoms with Crippen molar-refractivity contribution in [3.05, 3.63) is 57.7 Å². The van der Waals surface area contributed by atoms with Crippen LogP contribution in [0.15, 0.2) is 42.5 Å². The zero-order valence-corrected chi connectivity index (χ0v) is 13.4. The van der Waals surface area contributed by atoms with Gasteiger partial charge in [-0.1, -0.05) is 18.2 Å². The van der Waals surface area contributed by atoms with Crippen LogP contribution in [0.4, 0.5) is 4.39 Å². The van der Waals surface area contributed by atoms with E-state index in [2.05, 4.69) is 4.98 Å². The molecule has 0 saturated heterocycles. The highest BCUT2D eigenvalue weighted by atomic mass is 127. The second kappa shape index (κ2) is 5.69. The standard InChI is InChI=1S/C15H11ClFIN2/c16-7-6-15-19-13-9-12(18)11(17)8-14(13)20(15)10-4-2-1-3-5-10/h1-5,8-9H,6-7H2. The molecule has 0 aliphatic carbocycles. The third-order valence-electron chi connectivity index (χ3n) is 3.10. The van der Waals surface area contributed by atoms with E-state index < -0.39 is 0 Å². The summed E-state index contributed by atoms with van der Waals surface area (Å²) in [5.41, 5.74) is 2.53. The number of halogens is 3. The van der Waals surface area contributed by atoms with Crippen LogP contribution in [0.1, 0.15) is 5.82 Å². The molecule has 2 nitrogen and oxygen atoms in total. The Balaban J connectivity index is 2.32. The van der Waals surface area contributed by atoms with Gasteiger partial charge in [0.1, 0.15) is 11.6 Å². The van der Waals surface area contributed by atoms with Gasteiger partial charge in [0.05, 0.1) is 14.6 Å². The fraction of sp³-hybridized carbons (Fsp3) is 0.133. The first-order chi connectivity index (χ1) is 9.70. The van der Waals surface area contributed by atoms with Crippen LogP contribution in [0, 0.1) is 9.39 Å². The average Bonchev–Trinajstić information content (AvgIpc) is 2.78. The Morgan fingerprint density at radius 1 is 1.20 bits per heavy atom. The highest BCUT2D eigenvalue weighted by Gasteiger charge is 2.14. The maximum atomic E-state index is 13.9. The van der Waals surface area contributed by atoms with Crippen LogP contribution >= 0.6 is 34.2 Å². The summed E-state index contributed by atoms with van der Waals surface area (Å²) in [4.78, 5) is 4.59. The molecule has 0 atom stereocenters. The normalized spacial score (nSPS) is 11.2. The van der Waals surface area contributed by atoms with Gasteiger partial charge in [-0.2, -0.15) is 0 Å². The Hall–Kier alpha value is -1.14. The van der Waals surface area contributed by atoms with E-state index in [1.165, 1.54) is 6.07 Å². The van der Waals surface area contributed by atoms with E-state index in [9.17, 15) is 4.39 Å². The van der Waals surface area contributed by atoms with E-state index in [0.717, 1.165) is 22.5 Å². The molecule has 1 heterocycles. The van der Waals surface area contributed by atoms with E-state index in [4.69, 9.17) is 11.6 Å². The van der Waals surface area contributed by atoms with Crippen LogP contribution in [0.5, 0.6) is 0 Å². The number of hydrogen-bond donors (Lipinski definition) is 0. The molecule has 102 valence electrons. The highest BCUT2D eigenvalue weighted by Crippen LogP contribution is 2.25. The fourth-order valence-corrected chi connectivity index (χ4v) is 2.86. The minimum atomic E-state index is -0.229. The number of benzene rings is 2. The van der Waals surface area contributed by atoms with E-state index in [1.54, 1.807) is 6.07 Å². The largest absolute Gasteiger partial charge is 0.296 e. The molecule has 1 aromatic heterocycles. The topological polar surface area (TPSA) is 17.8 Å². The van der Waals surface area contributed by atoms with Gasteiger partial charge < -0.3 is 0 Å². The summed E-state index contributed by atoms with van der Waals surface area (Å²) in [6.07, 6.45) is 0.642. The van der Waals surface area contributed by atoms with Crippen molar-refractivity contribution in [2.24, 2.45) is 0 Å². The number of aryl methyl sites for hydroxylation is 1. The van der Waals surface area contributed by atoms with Crippen molar-refractivity contribution in [3.63, 3.8) is 0 Å². The molecular weight excluding hydrogens is 390 g/mol. The minimum absolute atomic E-state index is 0.229. The summed E-state index contributed by atoms with van der Waals surface area (Å²) in [6.45, 7) is 0. The van der Waals surface area contributed by atoms with Gasteiger partial charge in [-0.3, -0.25) is 4.57 Å². The van der Waals surface area contributed by atoms with Crippen LogP contribution in [0.2, 0.25) is 0 Å².